The fraction of sp³-hybridized carbons (Fsp3) is 0.231. The Hall–Kier alpha value is -2.08. The average molecular weight is 274 g/mol. The minimum absolute atomic E-state index is 0.613. The number of rotatable bonds is 4. The first kappa shape index (κ1) is 12.0. The maximum atomic E-state index is 5.80. The van der Waals surface area contributed by atoms with E-state index in [2.05, 4.69) is 17.0 Å². The SMILES string of the molecule is CCCOc1ccc(-c2nc3scc(N)n3n2)cc1. The van der Waals surface area contributed by atoms with E-state index in [1.807, 2.05) is 29.6 Å². The second-order valence-electron chi connectivity index (χ2n) is 4.16. The molecule has 5 nitrogen and oxygen atoms in total. The third-order valence-corrected chi connectivity index (χ3v) is 3.53. The van der Waals surface area contributed by atoms with Crippen LogP contribution in [-0.2, 0) is 0 Å². The van der Waals surface area contributed by atoms with E-state index in [-0.39, 0.29) is 0 Å². The van der Waals surface area contributed by atoms with Crippen LogP contribution in [0.4, 0.5) is 5.82 Å². The summed E-state index contributed by atoms with van der Waals surface area (Å²) >= 11 is 1.48. The lowest BCUT2D eigenvalue weighted by molar-refractivity contribution is 0.317. The van der Waals surface area contributed by atoms with Gasteiger partial charge in [0, 0.05) is 10.9 Å². The van der Waals surface area contributed by atoms with Crippen LogP contribution in [0.5, 0.6) is 5.75 Å². The first-order valence-electron chi connectivity index (χ1n) is 6.11. The molecule has 0 fully saturated rings. The number of fused-ring (bicyclic) bond motifs is 1. The van der Waals surface area contributed by atoms with Gasteiger partial charge in [0.25, 0.3) is 0 Å². The number of hydrogen-bond donors (Lipinski definition) is 1. The zero-order chi connectivity index (χ0) is 13.2. The second kappa shape index (κ2) is 4.89. The highest BCUT2D eigenvalue weighted by atomic mass is 32.1. The Morgan fingerprint density at radius 2 is 2.11 bits per heavy atom. The number of aromatic nitrogens is 3. The number of anilines is 1. The maximum Gasteiger partial charge on any atom is 0.214 e. The van der Waals surface area contributed by atoms with Gasteiger partial charge < -0.3 is 10.5 Å². The number of thiazole rings is 1. The fourth-order valence-corrected chi connectivity index (χ4v) is 2.46. The van der Waals surface area contributed by atoms with Gasteiger partial charge in [0.2, 0.25) is 4.96 Å². The van der Waals surface area contributed by atoms with Gasteiger partial charge in [-0.2, -0.15) is 9.50 Å². The predicted molar refractivity (Wildman–Crippen MR) is 76.5 cm³/mol. The summed E-state index contributed by atoms with van der Waals surface area (Å²) in [5.74, 6) is 2.16. The Labute approximate surface area is 114 Å². The van der Waals surface area contributed by atoms with E-state index >= 15 is 0 Å². The van der Waals surface area contributed by atoms with E-state index in [1.54, 1.807) is 4.52 Å². The summed E-state index contributed by atoms with van der Waals surface area (Å²) in [5.41, 5.74) is 6.76. The Morgan fingerprint density at radius 1 is 1.32 bits per heavy atom. The molecule has 3 rings (SSSR count). The molecule has 0 unspecified atom stereocenters. The lowest BCUT2D eigenvalue weighted by Crippen LogP contribution is -1.95. The van der Waals surface area contributed by atoms with Gasteiger partial charge in [-0.1, -0.05) is 6.92 Å². The summed E-state index contributed by atoms with van der Waals surface area (Å²) in [6.07, 6.45) is 1.000. The van der Waals surface area contributed by atoms with E-state index in [4.69, 9.17) is 10.5 Å². The molecule has 6 heteroatoms. The molecule has 0 aliphatic carbocycles. The topological polar surface area (TPSA) is 65.4 Å². The third kappa shape index (κ3) is 2.26. The van der Waals surface area contributed by atoms with Crippen LogP contribution in [0.25, 0.3) is 16.3 Å². The summed E-state index contributed by atoms with van der Waals surface area (Å²) < 4.78 is 7.20. The number of nitrogens with zero attached hydrogens (tertiary/aromatic N) is 3. The van der Waals surface area contributed by atoms with Crippen LogP contribution >= 0.6 is 11.3 Å². The molecule has 98 valence electrons. The predicted octanol–water partition coefficient (Wildman–Crippen LogP) is 2.83. The highest BCUT2D eigenvalue weighted by Gasteiger charge is 2.09. The molecule has 3 aromatic rings. The van der Waals surface area contributed by atoms with Crippen molar-refractivity contribution >= 4 is 22.1 Å². The lowest BCUT2D eigenvalue weighted by Gasteiger charge is -2.04. The van der Waals surface area contributed by atoms with E-state index in [0.29, 0.717) is 11.6 Å². The van der Waals surface area contributed by atoms with Crippen molar-refractivity contribution in [3.63, 3.8) is 0 Å². The second-order valence-corrected chi connectivity index (χ2v) is 5.00. The molecule has 2 N–H and O–H groups in total. The summed E-state index contributed by atoms with van der Waals surface area (Å²) in [7, 11) is 0. The van der Waals surface area contributed by atoms with Gasteiger partial charge in [0.05, 0.1) is 6.61 Å². The monoisotopic (exact) mass is 274 g/mol. The van der Waals surface area contributed by atoms with Gasteiger partial charge in [-0.05, 0) is 30.7 Å². The average Bonchev–Trinajstić information content (AvgIpc) is 3.00. The molecule has 0 saturated carbocycles. The van der Waals surface area contributed by atoms with Crippen molar-refractivity contribution in [1.82, 2.24) is 14.6 Å². The number of ether oxygens (including phenoxy) is 1. The van der Waals surface area contributed by atoms with Crippen molar-refractivity contribution in [2.45, 2.75) is 13.3 Å². The van der Waals surface area contributed by atoms with Crippen LogP contribution in [-0.4, -0.2) is 21.2 Å². The molecule has 0 bridgehead atoms. The molecule has 2 aromatic heterocycles. The van der Waals surface area contributed by atoms with Crippen molar-refractivity contribution in [2.24, 2.45) is 0 Å². The smallest absolute Gasteiger partial charge is 0.214 e. The van der Waals surface area contributed by atoms with Crippen molar-refractivity contribution in [2.75, 3.05) is 12.3 Å². The first-order valence-corrected chi connectivity index (χ1v) is 6.99. The number of nitrogens with two attached hydrogens (primary N) is 1. The van der Waals surface area contributed by atoms with Gasteiger partial charge >= 0.3 is 0 Å². The maximum absolute atomic E-state index is 5.80. The molecule has 19 heavy (non-hydrogen) atoms. The summed E-state index contributed by atoms with van der Waals surface area (Å²) in [5, 5.41) is 6.22. The van der Waals surface area contributed by atoms with Gasteiger partial charge in [-0.15, -0.1) is 16.4 Å². The number of benzene rings is 1. The molecule has 0 radical (unpaired) electrons. The number of hydrogen-bond acceptors (Lipinski definition) is 5. The summed E-state index contributed by atoms with van der Waals surface area (Å²) in [4.78, 5) is 5.25. The normalized spacial score (nSPS) is 11.0. The van der Waals surface area contributed by atoms with Gasteiger partial charge in [-0.25, -0.2) is 0 Å². The molecule has 0 spiro atoms. The van der Waals surface area contributed by atoms with E-state index in [9.17, 15) is 0 Å². The molecular formula is C13H14N4OS. The molecule has 2 heterocycles. The van der Waals surface area contributed by atoms with Crippen LogP contribution in [0, 0.1) is 0 Å². The molecule has 0 amide bonds. The van der Waals surface area contributed by atoms with Crippen LogP contribution in [0.1, 0.15) is 13.3 Å². The Bertz CT molecular complexity index is 686. The van der Waals surface area contributed by atoms with Crippen LogP contribution in [0.2, 0.25) is 0 Å². The van der Waals surface area contributed by atoms with Crippen molar-refractivity contribution in [1.29, 1.82) is 0 Å². The summed E-state index contributed by atoms with van der Waals surface area (Å²) in [6, 6.07) is 7.79. The standard InChI is InChI=1S/C13H14N4OS/c1-2-7-18-10-5-3-9(4-6-10)12-15-13-17(16-12)11(14)8-19-13/h3-6,8H,2,7,14H2,1H3. The van der Waals surface area contributed by atoms with Crippen molar-refractivity contribution < 1.29 is 4.74 Å². The Kier molecular flexibility index (Phi) is 3.08. The van der Waals surface area contributed by atoms with E-state index < -0.39 is 0 Å². The quantitative estimate of drug-likeness (QED) is 0.794. The minimum atomic E-state index is 0.613. The highest BCUT2D eigenvalue weighted by molar-refractivity contribution is 7.15. The Balaban J connectivity index is 1.88. The fourth-order valence-electron chi connectivity index (χ4n) is 1.75. The lowest BCUT2D eigenvalue weighted by atomic mass is 10.2. The highest BCUT2D eigenvalue weighted by Crippen LogP contribution is 2.23. The Morgan fingerprint density at radius 3 is 2.79 bits per heavy atom. The molecule has 1 aromatic carbocycles. The van der Waals surface area contributed by atoms with E-state index in [1.165, 1.54) is 11.3 Å². The molecule has 0 saturated heterocycles. The largest absolute Gasteiger partial charge is 0.494 e. The van der Waals surface area contributed by atoms with Crippen LogP contribution in [0.3, 0.4) is 0 Å². The van der Waals surface area contributed by atoms with Gasteiger partial charge in [0.1, 0.15) is 11.6 Å². The summed E-state index contributed by atoms with van der Waals surface area (Å²) in [6.45, 7) is 2.81. The molecule has 0 atom stereocenters. The first-order chi connectivity index (χ1) is 9.28. The zero-order valence-electron chi connectivity index (χ0n) is 10.5. The van der Waals surface area contributed by atoms with Gasteiger partial charge in [-0.3, -0.25) is 0 Å². The van der Waals surface area contributed by atoms with Crippen molar-refractivity contribution in [3.05, 3.63) is 29.6 Å². The van der Waals surface area contributed by atoms with E-state index in [0.717, 1.165) is 29.3 Å². The van der Waals surface area contributed by atoms with Gasteiger partial charge in [0.15, 0.2) is 5.82 Å². The van der Waals surface area contributed by atoms with Crippen molar-refractivity contribution in [3.8, 4) is 17.1 Å². The minimum Gasteiger partial charge on any atom is -0.494 e. The van der Waals surface area contributed by atoms with Crippen LogP contribution in [0.15, 0.2) is 29.6 Å². The molecular weight excluding hydrogens is 260 g/mol. The molecule has 0 aliphatic heterocycles. The molecule has 0 aliphatic rings. The third-order valence-electron chi connectivity index (χ3n) is 2.69. The van der Waals surface area contributed by atoms with Crippen LogP contribution < -0.4 is 10.5 Å². The zero-order valence-corrected chi connectivity index (χ0v) is 11.4. The number of nitrogen functional groups attached to an aromatic ring is 1.